The van der Waals surface area contributed by atoms with E-state index < -0.39 is 0 Å². The summed E-state index contributed by atoms with van der Waals surface area (Å²) in [4.78, 5) is 0. The van der Waals surface area contributed by atoms with Gasteiger partial charge in [-0.15, -0.1) is 9.24 Å². The molecule has 0 amide bonds. The normalized spacial score (nSPS) is 1.50. The molecule has 0 spiro atoms. The highest BCUT2D eigenvalue weighted by atomic mass is 79.9. The molecule has 0 bridgehead atoms. The Balaban J connectivity index is -0.00000000500. The molecule has 4 heavy (non-hydrogen) atoms. The molecule has 0 aromatic carbocycles. The molecule has 0 heterocycles. The summed E-state index contributed by atoms with van der Waals surface area (Å²) < 4.78 is 0. The van der Waals surface area contributed by atoms with Crippen LogP contribution in [0.15, 0.2) is 0 Å². The molecule has 1 unspecified atom stereocenters. The van der Waals surface area contributed by atoms with Crippen molar-refractivity contribution >= 4 is 9.24 Å². The van der Waals surface area contributed by atoms with Crippen molar-refractivity contribution in [2.24, 2.45) is 0 Å². The Morgan fingerprint density at radius 3 is 1.00 bits per heavy atom. The van der Waals surface area contributed by atoms with E-state index in [1.54, 1.807) is 0 Å². The summed E-state index contributed by atoms with van der Waals surface area (Å²) in [5.74, 6) is 0. The lowest BCUT2D eigenvalue weighted by molar-refractivity contribution is -0.00100. The minimum absolute atomic E-state index is 0. The van der Waals surface area contributed by atoms with Gasteiger partial charge in [0.25, 0.3) is 0 Å². The van der Waals surface area contributed by atoms with Gasteiger partial charge in [0.1, 0.15) is 0 Å². The zero-order valence-corrected chi connectivity index (χ0v) is 6.66. The van der Waals surface area contributed by atoms with Crippen LogP contribution in [0.5, 0.6) is 0 Å². The van der Waals surface area contributed by atoms with E-state index in [1.165, 1.54) is 0 Å². The highest BCUT2D eigenvalue weighted by Gasteiger charge is 0.906. The summed E-state index contributed by atoms with van der Waals surface area (Å²) in [6, 6.07) is 0. The molecule has 30 valence electrons. The van der Waals surface area contributed by atoms with Gasteiger partial charge in [0.05, 0.1) is 0 Å². The second-order valence-electron chi connectivity index (χ2n) is 0. The summed E-state index contributed by atoms with van der Waals surface area (Å²) in [7, 11) is 2.42. The Bertz CT molecular complexity index is 6.00. The Morgan fingerprint density at radius 2 is 1.00 bits per heavy atom. The molecule has 0 aliphatic rings. The smallest absolute Gasteiger partial charge is 0.0500 e. The molecule has 0 rings (SSSR count). The topological polar surface area (TPSA) is 0 Å². The third-order valence-corrected chi connectivity index (χ3v) is 0. The zero-order valence-electron chi connectivity index (χ0n) is 2.33. The number of hydrogen-bond acceptors (Lipinski definition) is 0. The molecule has 0 nitrogen and oxygen atoms in total. The SMILES string of the molecule is CP.[Br-].[Br-]. The fraction of sp³-hybridized carbons (Fsp3) is 1.00. The standard InChI is InChI=1S/CH5P.2BrH/c1-2;;/h2H2,1H3;2*1H/p-2. The number of rotatable bonds is 0. The van der Waals surface area contributed by atoms with Gasteiger partial charge in [0.15, 0.2) is 0 Å². The van der Waals surface area contributed by atoms with Crippen LogP contribution in [0.3, 0.4) is 0 Å². The minimum atomic E-state index is 0. The number of halogens is 2. The van der Waals surface area contributed by atoms with Gasteiger partial charge >= 0.3 is 0 Å². The van der Waals surface area contributed by atoms with Crippen molar-refractivity contribution in [3.63, 3.8) is 0 Å². The maximum Gasteiger partial charge on any atom is -0.0500 e. The molecule has 0 aliphatic carbocycles. The predicted octanol–water partition coefficient (Wildman–Crippen LogP) is -5.50. The van der Waals surface area contributed by atoms with Crippen molar-refractivity contribution in [3.8, 4) is 0 Å². The molecular formula is CH5Br2P-2. The van der Waals surface area contributed by atoms with E-state index in [9.17, 15) is 0 Å². The van der Waals surface area contributed by atoms with Crippen LogP contribution >= 0.6 is 9.24 Å². The molecule has 0 aromatic heterocycles. The van der Waals surface area contributed by atoms with Gasteiger partial charge in [-0.2, -0.15) is 0 Å². The molecule has 0 radical (unpaired) electrons. The van der Waals surface area contributed by atoms with Crippen LogP contribution in [0.25, 0.3) is 0 Å². The maximum atomic E-state index is 2.42. The third-order valence-electron chi connectivity index (χ3n) is 0. The summed E-state index contributed by atoms with van der Waals surface area (Å²) >= 11 is 0. The lowest BCUT2D eigenvalue weighted by Gasteiger charge is -1.10. The Kier molecular flexibility index (Phi) is 119. The second kappa shape index (κ2) is 26.1. The zero-order chi connectivity index (χ0) is 2.00. The Labute approximate surface area is 50.1 Å². The summed E-state index contributed by atoms with van der Waals surface area (Å²) in [5.41, 5.74) is 0. The highest BCUT2D eigenvalue weighted by Crippen LogP contribution is 1.46. The molecule has 0 aromatic rings. The second-order valence-corrected chi connectivity index (χ2v) is 0. The van der Waals surface area contributed by atoms with Crippen molar-refractivity contribution in [2.45, 2.75) is 0 Å². The summed E-state index contributed by atoms with van der Waals surface area (Å²) in [6.07, 6.45) is 0. The monoisotopic (exact) mass is 206 g/mol. The largest absolute Gasteiger partial charge is 1.00 e. The van der Waals surface area contributed by atoms with Crippen molar-refractivity contribution < 1.29 is 34.0 Å². The van der Waals surface area contributed by atoms with Crippen molar-refractivity contribution in [2.75, 3.05) is 6.66 Å². The van der Waals surface area contributed by atoms with Gasteiger partial charge in [-0.1, -0.05) is 6.66 Å². The maximum absolute atomic E-state index is 2.42. The Hall–Kier alpha value is 1.39. The lowest BCUT2D eigenvalue weighted by atomic mass is 12.0. The first kappa shape index (κ1) is 18.2. The molecule has 0 N–H and O–H groups in total. The van der Waals surface area contributed by atoms with E-state index in [4.69, 9.17) is 0 Å². The van der Waals surface area contributed by atoms with Crippen molar-refractivity contribution in [3.05, 3.63) is 0 Å². The van der Waals surface area contributed by atoms with Gasteiger partial charge in [0, 0.05) is 0 Å². The van der Waals surface area contributed by atoms with Crippen LogP contribution in [0.2, 0.25) is 0 Å². The van der Waals surface area contributed by atoms with Crippen molar-refractivity contribution in [1.29, 1.82) is 0 Å². The first-order chi connectivity index (χ1) is 1.00. The molecule has 0 saturated heterocycles. The molecule has 1 atom stereocenters. The average molecular weight is 208 g/mol. The fourth-order valence-electron chi connectivity index (χ4n) is 0. The quantitative estimate of drug-likeness (QED) is 0.348. The van der Waals surface area contributed by atoms with Crippen LogP contribution in [-0.4, -0.2) is 6.66 Å². The first-order valence-corrected chi connectivity index (χ1v) is 1.73. The highest BCUT2D eigenvalue weighted by molar-refractivity contribution is 7.15. The van der Waals surface area contributed by atoms with Crippen LogP contribution in [0, 0.1) is 0 Å². The van der Waals surface area contributed by atoms with Gasteiger partial charge < -0.3 is 34.0 Å². The molecular weight excluding hydrogens is 203 g/mol. The van der Waals surface area contributed by atoms with E-state index >= 15 is 0 Å². The Morgan fingerprint density at radius 1 is 1.00 bits per heavy atom. The molecule has 0 aliphatic heterocycles. The molecule has 0 saturated carbocycles. The van der Waals surface area contributed by atoms with Gasteiger partial charge in [0.2, 0.25) is 0 Å². The van der Waals surface area contributed by atoms with Crippen LogP contribution in [-0.2, 0) is 0 Å². The molecule has 0 fully saturated rings. The predicted molar refractivity (Wildman–Crippen MR) is 15.6 cm³/mol. The van der Waals surface area contributed by atoms with Gasteiger partial charge in [-0.3, -0.25) is 0 Å². The molecule has 3 heteroatoms. The third kappa shape index (κ3) is 10.0. The van der Waals surface area contributed by atoms with E-state index in [-0.39, 0.29) is 34.0 Å². The number of hydrogen-bond donors (Lipinski definition) is 0. The minimum Gasteiger partial charge on any atom is -1.00 e. The van der Waals surface area contributed by atoms with Crippen LogP contribution in [0.1, 0.15) is 0 Å². The fourth-order valence-corrected chi connectivity index (χ4v) is 0. The van der Waals surface area contributed by atoms with Crippen LogP contribution in [0.4, 0.5) is 0 Å². The van der Waals surface area contributed by atoms with Crippen molar-refractivity contribution in [1.82, 2.24) is 0 Å². The van der Waals surface area contributed by atoms with Gasteiger partial charge in [-0.25, -0.2) is 0 Å². The average Bonchev–Trinajstić information content (AvgIpc) is 1.00. The first-order valence-electron chi connectivity index (χ1n) is 0.577. The summed E-state index contributed by atoms with van der Waals surface area (Å²) in [5, 5.41) is 0. The summed E-state index contributed by atoms with van der Waals surface area (Å²) in [6.45, 7) is 1.92. The van der Waals surface area contributed by atoms with Crippen LogP contribution < -0.4 is 34.0 Å². The van der Waals surface area contributed by atoms with E-state index in [0.29, 0.717) is 0 Å². The van der Waals surface area contributed by atoms with E-state index in [0.717, 1.165) is 0 Å². The van der Waals surface area contributed by atoms with Gasteiger partial charge in [-0.05, 0) is 0 Å². The lowest BCUT2D eigenvalue weighted by Crippen LogP contribution is -3.00. The van der Waals surface area contributed by atoms with E-state index in [1.807, 2.05) is 6.66 Å². The van der Waals surface area contributed by atoms with E-state index in [2.05, 4.69) is 9.24 Å².